The van der Waals surface area contributed by atoms with Gasteiger partial charge in [-0.15, -0.1) is 0 Å². The number of nitrogens with zero attached hydrogens (tertiary/aromatic N) is 3. The molecule has 2 aliphatic rings. The second kappa shape index (κ2) is 7.38. The average molecular weight is 429 g/mol. The number of halogens is 3. The number of carbonyl (C=O) groups excluding carboxylic acids is 1. The lowest BCUT2D eigenvalue weighted by Gasteiger charge is -2.31. The first-order valence-electron chi connectivity index (χ1n) is 9.81. The van der Waals surface area contributed by atoms with Crippen molar-refractivity contribution in [3.05, 3.63) is 48.2 Å². The number of carbonyl (C=O) groups is 1. The molecule has 1 fully saturated rings. The van der Waals surface area contributed by atoms with Crippen LogP contribution in [0.1, 0.15) is 11.7 Å². The summed E-state index contributed by atoms with van der Waals surface area (Å²) in [5, 5.41) is 7.34. The van der Waals surface area contributed by atoms with Gasteiger partial charge in [-0.25, -0.2) is 14.8 Å². The minimum absolute atomic E-state index is 0.172. The van der Waals surface area contributed by atoms with Crippen molar-refractivity contribution in [1.82, 2.24) is 15.3 Å². The molecule has 7 nitrogen and oxygen atoms in total. The van der Waals surface area contributed by atoms with E-state index in [1.807, 2.05) is 24.3 Å². The molecule has 0 radical (unpaired) electrons. The molecule has 160 valence electrons. The molecule has 3 aromatic rings. The predicted octanol–water partition coefficient (Wildman–Crippen LogP) is 3.87. The van der Waals surface area contributed by atoms with Crippen molar-refractivity contribution in [2.75, 3.05) is 36.4 Å². The van der Waals surface area contributed by atoms with E-state index in [9.17, 15) is 18.0 Å². The van der Waals surface area contributed by atoms with E-state index in [1.54, 1.807) is 6.07 Å². The van der Waals surface area contributed by atoms with Crippen LogP contribution in [0, 0.1) is 0 Å². The zero-order valence-electron chi connectivity index (χ0n) is 16.2. The molecule has 2 aromatic heterocycles. The molecule has 1 atom stereocenters. The molecule has 31 heavy (non-hydrogen) atoms. The molecule has 2 aliphatic heterocycles. The summed E-state index contributed by atoms with van der Waals surface area (Å²) in [5.41, 5.74) is 0.331. The summed E-state index contributed by atoms with van der Waals surface area (Å²) in [6, 6.07) is 10.9. The standard InChI is InChI=1S/C21H18F3N5O2/c22-21(23,24)17-16-14(5-6-26-18(16)28-20(30)31-17)15-11-12-3-1-2-4-13(12)19(27-15)29-9-7-25-8-10-29/h1-6,11,17,25H,7-10H2,(H,26,28,30)/t17-/m1/s1. The molecule has 0 unspecified atom stereocenters. The van der Waals surface area contributed by atoms with Gasteiger partial charge in [0.1, 0.15) is 11.6 Å². The highest BCUT2D eigenvalue weighted by atomic mass is 19.4. The first-order valence-corrected chi connectivity index (χ1v) is 9.81. The van der Waals surface area contributed by atoms with Gasteiger partial charge in [0.15, 0.2) is 0 Å². The van der Waals surface area contributed by atoms with E-state index in [1.165, 1.54) is 12.3 Å². The summed E-state index contributed by atoms with van der Waals surface area (Å²) >= 11 is 0. The molecule has 5 rings (SSSR count). The molecule has 0 bridgehead atoms. The minimum atomic E-state index is -4.79. The third kappa shape index (κ3) is 3.52. The minimum Gasteiger partial charge on any atom is -0.431 e. The van der Waals surface area contributed by atoms with Gasteiger partial charge in [-0.2, -0.15) is 13.2 Å². The summed E-state index contributed by atoms with van der Waals surface area (Å²) in [4.78, 5) is 22.5. The molecule has 0 aliphatic carbocycles. The molecule has 1 saturated heterocycles. The lowest BCUT2D eigenvalue weighted by molar-refractivity contribution is -0.206. The van der Waals surface area contributed by atoms with E-state index in [0.29, 0.717) is 11.5 Å². The average Bonchev–Trinajstić information content (AvgIpc) is 2.77. The summed E-state index contributed by atoms with van der Waals surface area (Å²) in [6.45, 7) is 3.06. The number of alkyl halides is 3. The van der Waals surface area contributed by atoms with Gasteiger partial charge >= 0.3 is 12.3 Å². The maximum Gasteiger partial charge on any atom is 0.430 e. The fourth-order valence-corrected chi connectivity index (χ4v) is 4.02. The third-order valence-corrected chi connectivity index (χ3v) is 5.41. The van der Waals surface area contributed by atoms with Crippen LogP contribution in [0.5, 0.6) is 0 Å². The fourth-order valence-electron chi connectivity index (χ4n) is 4.02. The van der Waals surface area contributed by atoms with E-state index < -0.39 is 18.4 Å². The van der Waals surface area contributed by atoms with Crippen LogP contribution in [-0.2, 0) is 4.74 Å². The topological polar surface area (TPSA) is 79.4 Å². The summed E-state index contributed by atoms with van der Waals surface area (Å²) < 4.78 is 45.8. The Balaban J connectivity index is 1.72. The van der Waals surface area contributed by atoms with Gasteiger partial charge in [0.25, 0.3) is 0 Å². The Bertz CT molecular complexity index is 1160. The van der Waals surface area contributed by atoms with Gasteiger partial charge in [0.05, 0.1) is 11.3 Å². The molecule has 0 saturated carbocycles. The first-order chi connectivity index (χ1) is 14.9. The van der Waals surface area contributed by atoms with Gasteiger partial charge in [-0.05, 0) is 17.5 Å². The first kappa shape index (κ1) is 19.6. The number of cyclic esters (lactones) is 1. The fraction of sp³-hybridized carbons (Fsp3) is 0.286. The van der Waals surface area contributed by atoms with Crippen molar-refractivity contribution in [2.45, 2.75) is 12.3 Å². The van der Waals surface area contributed by atoms with E-state index in [2.05, 4.69) is 25.3 Å². The lowest BCUT2D eigenvalue weighted by atomic mass is 9.97. The molecule has 10 heteroatoms. The van der Waals surface area contributed by atoms with Crippen molar-refractivity contribution in [3.8, 4) is 11.3 Å². The highest BCUT2D eigenvalue weighted by Gasteiger charge is 2.49. The quantitative estimate of drug-likeness (QED) is 0.644. The number of benzene rings is 1. The number of anilines is 2. The Hall–Kier alpha value is -3.40. The maximum absolute atomic E-state index is 13.7. The van der Waals surface area contributed by atoms with Crippen molar-refractivity contribution >= 4 is 28.5 Å². The predicted molar refractivity (Wildman–Crippen MR) is 109 cm³/mol. The van der Waals surface area contributed by atoms with E-state index in [-0.39, 0.29) is 16.9 Å². The van der Waals surface area contributed by atoms with Crippen molar-refractivity contribution in [1.29, 1.82) is 0 Å². The Kier molecular flexibility index (Phi) is 4.66. The smallest absolute Gasteiger partial charge is 0.430 e. The van der Waals surface area contributed by atoms with Crippen LogP contribution in [0.25, 0.3) is 22.0 Å². The number of aromatic nitrogens is 2. The number of piperazine rings is 1. The van der Waals surface area contributed by atoms with Crippen LogP contribution < -0.4 is 15.5 Å². The summed E-state index contributed by atoms with van der Waals surface area (Å²) in [5.74, 6) is 0.541. The van der Waals surface area contributed by atoms with Crippen LogP contribution in [-0.4, -0.2) is 48.4 Å². The van der Waals surface area contributed by atoms with Crippen LogP contribution in [0.2, 0.25) is 0 Å². The van der Waals surface area contributed by atoms with Crippen LogP contribution in [0.4, 0.5) is 29.6 Å². The van der Waals surface area contributed by atoms with Gasteiger partial charge in [0.2, 0.25) is 6.10 Å². The number of pyridine rings is 2. The largest absolute Gasteiger partial charge is 0.431 e. The van der Waals surface area contributed by atoms with Gasteiger partial charge in [-0.1, -0.05) is 24.3 Å². The summed E-state index contributed by atoms with van der Waals surface area (Å²) in [6.07, 6.45) is -7.04. The zero-order chi connectivity index (χ0) is 21.6. The normalized spacial score (nSPS) is 19.0. The van der Waals surface area contributed by atoms with Crippen LogP contribution in [0.15, 0.2) is 42.6 Å². The molecular formula is C21H18F3N5O2. The maximum atomic E-state index is 13.7. The molecule has 1 aromatic carbocycles. The third-order valence-electron chi connectivity index (χ3n) is 5.41. The molecule has 4 heterocycles. The van der Waals surface area contributed by atoms with Crippen molar-refractivity contribution < 1.29 is 22.7 Å². The second-order valence-corrected chi connectivity index (χ2v) is 7.36. The number of amides is 1. The van der Waals surface area contributed by atoms with Crippen molar-refractivity contribution in [2.24, 2.45) is 0 Å². The lowest BCUT2D eigenvalue weighted by Crippen LogP contribution is -2.44. The van der Waals surface area contributed by atoms with Gasteiger partial charge in [-0.3, -0.25) is 5.32 Å². The monoisotopic (exact) mass is 429 g/mol. The number of fused-ring (bicyclic) bond motifs is 2. The number of ether oxygens (including phenoxy) is 1. The number of hydrogen-bond donors (Lipinski definition) is 2. The summed E-state index contributed by atoms with van der Waals surface area (Å²) in [7, 11) is 0. The Morgan fingerprint density at radius 3 is 2.68 bits per heavy atom. The SMILES string of the molecule is O=C1Nc2nccc(-c3cc4ccccc4c(N4CCNCC4)n3)c2[C@H](C(F)(F)F)O1. The number of hydrogen-bond acceptors (Lipinski definition) is 6. The van der Waals surface area contributed by atoms with Crippen LogP contribution >= 0.6 is 0 Å². The Labute approximate surface area is 175 Å². The van der Waals surface area contributed by atoms with Crippen molar-refractivity contribution in [3.63, 3.8) is 0 Å². The van der Waals surface area contributed by atoms with E-state index >= 15 is 0 Å². The Morgan fingerprint density at radius 2 is 1.90 bits per heavy atom. The Morgan fingerprint density at radius 1 is 1.13 bits per heavy atom. The molecule has 2 N–H and O–H groups in total. The molecular weight excluding hydrogens is 411 g/mol. The van der Waals surface area contributed by atoms with E-state index in [4.69, 9.17) is 4.98 Å². The van der Waals surface area contributed by atoms with Gasteiger partial charge in [0, 0.05) is 43.3 Å². The van der Waals surface area contributed by atoms with E-state index in [0.717, 1.165) is 37.0 Å². The zero-order valence-corrected chi connectivity index (χ0v) is 16.2. The molecule has 0 spiro atoms. The number of rotatable bonds is 2. The second-order valence-electron chi connectivity index (χ2n) is 7.36. The molecule has 1 amide bonds. The number of nitrogens with one attached hydrogen (secondary N) is 2. The highest BCUT2D eigenvalue weighted by molar-refractivity contribution is 5.96. The highest BCUT2D eigenvalue weighted by Crippen LogP contribution is 2.45. The van der Waals surface area contributed by atoms with Crippen LogP contribution in [0.3, 0.4) is 0 Å². The van der Waals surface area contributed by atoms with Gasteiger partial charge < -0.3 is 15.0 Å².